The quantitative estimate of drug-likeness (QED) is 0.822. The molecule has 1 amide bonds. The third-order valence-electron chi connectivity index (χ3n) is 5.17. The Hall–Kier alpha value is -2.82. The maximum atomic E-state index is 12.9. The van der Waals surface area contributed by atoms with E-state index in [0.29, 0.717) is 5.56 Å². The lowest BCUT2D eigenvalue weighted by Gasteiger charge is -2.26. The van der Waals surface area contributed by atoms with E-state index in [0.717, 1.165) is 29.9 Å². The van der Waals surface area contributed by atoms with Gasteiger partial charge in [0.2, 0.25) is 0 Å². The third kappa shape index (κ3) is 3.68. The Labute approximate surface area is 160 Å². The molecule has 27 heavy (non-hydrogen) atoms. The number of hydrogen-bond acceptors (Lipinski definition) is 4. The molecule has 1 aliphatic rings. The van der Waals surface area contributed by atoms with Crippen LogP contribution in [-0.4, -0.2) is 32.1 Å². The van der Waals surface area contributed by atoms with Crippen LogP contribution in [0.4, 0.5) is 11.4 Å². The lowest BCUT2D eigenvalue weighted by molar-refractivity contribution is 0.0597. The number of rotatable bonds is 4. The molecule has 0 atom stereocenters. The van der Waals surface area contributed by atoms with Gasteiger partial charge in [-0.3, -0.25) is 4.79 Å². The Balaban J connectivity index is 1.98. The molecule has 5 nitrogen and oxygen atoms in total. The highest BCUT2D eigenvalue weighted by atomic mass is 16.5. The molecule has 1 fully saturated rings. The number of aryl methyl sites for hydroxylation is 2. The third-order valence-corrected chi connectivity index (χ3v) is 5.17. The van der Waals surface area contributed by atoms with Crippen molar-refractivity contribution in [3.05, 3.63) is 58.1 Å². The van der Waals surface area contributed by atoms with Gasteiger partial charge >= 0.3 is 5.97 Å². The van der Waals surface area contributed by atoms with Crippen LogP contribution >= 0.6 is 0 Å². The Morgan fingerprint density at radius 1 is 1.00 bits per heavy atom. The first-order chi connectivity index (χ1) is 12.9. The lowest BCUT2D eigenvalue weighted by Crippen LogP contribution is -2.22. The highest BCUT2D eigenvalue weighted by Gasteiger charge is 2.22. The number of benzene rings is 2. The lowest BCUT2D eigenvalue weighted by atomic mass is 10.00. The van der Waals surface area contributed by atoms with Crippen molar-refractivity contribution in [1.29, 1.82) is 0 Å². The number of nitrogens with one attached hydrogen (secondary N) is 1. The zero-order valence-corrected chi connectivity index (χ0v) is 16.4. The van der Waals surface area contributed by atoms with Crippen molar-refractivity contribution in [2.75, 3.05) is 30.4 Å². The molecule has 3 rings (SSSR count). The Kier molecular flexibility index (Phi) is 5.49. The first-order valence-electron chi connectivity index (χ1n) is 9.28. The van der Waals surface area contributed by atoms with Gasteiger partial charge in [-0.1, -0.05) is 18.2 Å². The number of anilines is 2. The molecule has 0 aromatic heterocycles. The van der Waals surface area contributed by atoms with Gasteiger partial charge in [0.25, 0.3) is 5.91 Å². The molecule has 1 N–H and O–H groups in total. The number of nitrogens with zero attached hydrogens (tertiary/aromatic N) is 1. The number of esters is 1. The molecule has 142 valence electrons. The summed E-state index contributed by atoms with van der Waals surface area (Å²) in [6.07, 6.45) is 2.39. The summed E-state index contributed by atoms with van der Waals surface area (Å²) >= 11 is 0. The van der Waals surface area contributed by atoms with Crippen LogP contribution < -0.4 is 10.2 Å². The molecule has 1 aliphatic heterocycles. The van der Waals surface area contributed by atoms with Gasteiger partial charge in [-0.2, -0.15) is 0 Å². The van der Waals surface area contributed by atoms with Crippen molar-refractivity contribution in [3.63, 3.8) is 0 Å². The van der Waals surface area contributed by atoms with Gasteiger partial charge in [-0.25, -0.2) is 4.79 Å². The van der Waals surface area contributed by atoms with Gasteiger partial charge in [-0.05, 0) is 62.4 Å². The second-order valence-corrected chi connectivity index (χ2v) is 7.04. The minimum Gasteiger partial charge on any atom is -0.465 e. The SMILES string of the molecule is COC(=O)c1ccccc1C(=O)Nc1c(C)cc(C)c(N2CCCC2)c1C. The van der Waals surface area contributed by atoms with Crippen LogP contribution in [0, 0.1) is 20.8 Å². The van der Waals surface area contributed by atoms with E-state index in [-0.39, 0.29) is 11.5 Å². The van der Waals surface area contributed by atoms with Crippen LogP contribution in [0.25, 0.3) is 0 Å². The van der Waals surface area contributed by atoms with Crippen LogP contribution in [0.2, 0.25) is 0 Å². The zero-order valence-electron chi connectivity index (χ0n) is 16.4. The second-order valence-electron chi connectivity index (χ2n) is 7.04. The number of carbonyl (C=O) groups is 2. The molecule has 0 aliphatic carbocycles. The first kappa shape index (κ1) is 19.0. The minimum absolute atomic E-state index is 0.264. The largest absolute Gasteiger partial charge is 0.465 e. The maximum absolute atomic E-state index is 12.9. The summed E-state index contributed by atoms with van der Waals surface area (Å²) in [4.78, 5) is 27.3. The van der Waals surface area contributed by atoms with Crippen molar-refractivity contribution in [1.82, 2.24) is 0 Å². The van der Waals surface area contributed by atoms with Crippen molar-refractivity contribution in [3.8, 4) is 0 Å². The van der Waals surface area contributed by atoms with Crippen LogP contribution in [0.3, 0.4) is 0 Å². The first-order valence-corrected chi connectivity index (χ1v) is 9.28. The van der Waals surface area contributed by atoms with E-state index >= 15 is 0 Å². The van der Waals surface area contributed by atoms with E-state index < -0.39 is 5.97 Å². The molecule has 0 unspecified atom stereocenters. The minimum atomic E-state index is -0.518. The van der Waals surface area contributed by atoms with Crippen LogP contribution in [0.1, 0.15) is 50.2 Å². The molecule has 0 bridgehead atoms. The van der Waals surface area contributed by atoms with Crippen LogP contribution in [0.5, 0.6) is 0 Å². The Morgan fingerprint density at radius 2 is 1.63 bits per heavy atom. The number of carbonyl (C=O) groups excluding carboxylic acids is 2. The highest BCUT2D eigenvalue weighted by Crippen LogP contribution is 2.35. The predicted octanol–water partition coefficient (Wildman–Crippen LogP) is 4.25. The van der Waals surface area contributed by atoms with Crippen LogP contribution in [-0.2, 0) is 4.74 Å². The summed E-state index contributed by atoms with van der Waals surface area (Å²) in [6, 6.07) is 8.82. The Morgan fingerprint density at radius 3 is 2.26 bits per heavy atom. The number of amides is 1. The second kappa shape index (κ2) is 7.82. The van der Waals surface area contributed by atoms with E-state index in [1.54, 1.807) is 24.3 Å². The average Bonchev–Trinajstić information content (AvgIpc) is 3.18. The van der Waals surface area contributed by atoms with E-state index in [9.17, 15) is 9.59 Å². The van der Waals surface area contributed by atoms with Gasteiger partial charge in [0.1, 0.15) is 0 Å². The molecule has 0 saturated carbocycles. The smallest absolute Gasteiger partial charge is 0.338 e. The van der Waals surface area contributed by atoms with Crippen molar-refractivity contribution in [2.45, 2.75) is 33.6 Å². The number of ether oxygens (including phenoxy) is 1. The fourth-order valence-corrected chi connectivity index (χ4v) is 3.94. The highest BCUT2D eigenvalue weighted by molar-refractivity contribution is 6.11. The van der Waals surface area contributed by atoms with Gasteiger partial charge in [-0.15, -0.1) is 0 Å². The number of hydrogen-bond donors (Lipinski definition) is 1. The van der Waals surface area contributed by atoms with E-state index in [4.69, 9.17) is 4.74 Å². The van der Waals surface area contributed by atoms with E-state index in [2.05, 4.69) is 30.1 Å². The van der Waals surface area contributed by atoms with Crippen molar-refractivity contribution < 1.29 is 14.3 Å². The summed E-state index contributed by atoms with van der Waals surface area (Å²) in [5.74, 6) is -0.825. The summed E-state index contributed by atoms with van der Waals surface area (Å²) < 4.78 is 4.80. The molecular formula is C22H26N2O3. The normalized spacial score (nSPS) is 13.6. The van der Waals surface area contributed by atoms with Gasteiger partial charge < -0.3 is 15.0 Å². The number of methoxy groups -OCH3 is 1. The fourth-order valence-electron chi connectivity index (χ4n) is 3.94. The molecular weight excluding hydrogens is 340 g/mol. The van der Waals surface area contributed by atoms with Gasteiger partial charge in [0.15, 0.2) is 0 Å². The predicted molar refractivity (Wildman–Crippen MR) is 108 cm³/mol. The Bertz CT molecular complexity index is 883. The van der Waals surface area contributed by atoms with E-state index in [1.165, 1.54) is 31.2 Å². The summed E-state index contributed by atoms with van der Waals surface area (Å²) in [5, 5.41) is 3.03. The average molecular weight is 366 g/mol. The van der Waals surface area contributed by atoms with Gasteiger partial charge in [0, 0.05) is 24.5 Å². The summed E-state index contributed by atoms with van der Waals surface area (Å²) in [7, 11) is 1.31. The molecule has 1 saturated heterocycles. The molecule has 2 aromatic carbocycles. The topological polar surface area (TPSA) is 58.6 Å². The maximum Gasteiger partial charge on any atom is 0.338 e. The molecule has 0 radical (unpaired) electrons. The fraction of sp³-hybridized carbons (Fsp3) is 0.364. The van der Waals surface area contributed by atoms with E-state index in [1.807, 2.05) is 6.92 Å². The van der Waals surface area contributed by atoms with Crippen molar-refractivity contribution >= 4 is 23.3 Å². The standard InChI is InChI=1S/C22H26N2O3/c1-14-13-15(2)20(24-11-7-8-12-24)16(3)19(14)23-21(25)17-9-5-6-10-18(17)22(26)27-4/h5-6,9-10,13H,7-8,11-12H2,1-4H3,(H,23,25). The summed E-state index contributed by atoms with van der Waals surface area (Å²) in [5.41, 5.74) is 5.89. The van der Waals surface area contributed by atoms with Crippen molar-refractivity contribution in [2.24, 2.45) is 0 Å². The zero-order chi connectivity index (χ0) is 19.6. The molecule has 2 aromatic rings. The monoisotopic (exact) mass is 366 g/mol. The molecule has 0 spiro atoms. The van der Waals surface area contributed by atoms with Crippen LogP contribution in [0.15, 0.2) is 30.3 Å². The molecule has 1 heterocycles. The molecule has 5 heteroatoms. The van der Waals surface area contributed by atoms with Gasteiger partial charge in [0.05, 0.1) is 18.2 Å². The summed E-state index contributed by atoms with van der Waals surface area (Å²) in [6.45, 7) is 8.25.